The highest BCUT2D eigenvalue weighted by atomic mass is 19.4. The van der Waals surface area contributed by atoms with E-state index in [4.69, 9.17) is 0 Å². The van der Waals surface area contributed by atoms with E-state index in [9.17, 15) is 23.3 Å². The lowest BCUT2D eigenvalue weighted by molar-refractivity contribution is -0.430. The summed E-state index contributed by atoms with van der Waals surface area (Å²) in [7, 11) is 0. The minimum atomic E-state index is -4.63. The van der Waals surface area contributed by atoms with Gasteiger partial charge in [-0.25, -0.2) is 0 Å². The van der Waals surface area contributed by atoms with Crippen molar-refractivity contribution in [2.75, 3.05) is 0 Å². The van der Waals surface area contributed by atoms with Gasteiger partial charge in [-0.3, -0.25) is 10.1 Å². The zero-order valence-electron chi connectivity index (χ0n) is 7.39. The fourth-order valence-electron chi connectivity index (χ4n) is 1.29. The maximum Gasteiger partial charge on any atom is 0.422 e. The Kier molecular flexibility index (Phi) is 2.64. The average Bonchev–Trinajstić information content (AvgIpc) is 2.01. The molecule has 0 heterocycles. The van der Waals surface area contributed by atoms with Gasteiger partial charge in [0.1, 0.15) is 5.57 Å². The molecule has 0 N–H and O–H groups in total. The van der Waals surface area contributed by atoms with Gasteiger partial charge in [-0.1, -0.05) is 5.57 Å². The van der Waals surface area contributed by atoms with Crippen molar-refractivity contribution in [1.82, 2.24) is 0 Å². The van der Waals surface area contributed by atoms with Crippen LogP contribution in [0.2, 0.25) is 0 Å². The molecule has 0 amide bonds. The number of hydrogen-bond acceptors (Lipinski definition) is 2. The molecule has 0 saturated carbocycles. The first kappa shape index (κ1) is 10.7. The molecule has 0 unspecified atom stereocenters. The minimum absolute atomic E-state index is 0.149. The topological polar surface area (TPSA) is 43.1 Å². The number of nitrogens with zero attached hydrogens (tertiary/aromatic N) is 1. The molecule has 14 heavy (non-hydrogen) atoms. The molecule has 0 bridgehead atoms. The SMILES string of the molecule is CC1=CC(C(F)(F)F)=C([N+](=O)[O-])CC1. The predicted molar refractivity (Wildman–Crippen MR) is 43.1 cm³/mol. The van der Waals surface area contributed by atoms with Crippen LogP contribution < -0.4 is 0 Å². The third-order valence-corrected chi connectivity index (χ3v) is 1.98. The Labute approximate surface area is 78.1 Å². The van der Waals surface area contributed by atoms with Crippen LogP contribution in [0.15, 0.2) is 22.9 Å². The molecule has 78 valence electrons. The summed E-state index contributed by atoms with van der Waals surface area (Å²) in [5, 5.41) is 10.3. The zero-order valence-corrected chi connectivity index (χ0v) is 7.39. The minimum Gasteiger partial charge on any atom is -0.259 e. The molecule has 0 aliphatic heterocycles. The van der Waals surface area contributed by atoms with Gasteiger partial charge >= 0.3 is 6.18 Å². The third kappa shape index (κ3) is 2.12. The Morgan fingerprint density at radius 2 is 2.00 bits per heavy atom. The van der Waals surface area contributed by atoms with Crippen LogP contribution in [0.1, 0.15) is 19.8 Å². The van der Waals surface area contributed by atoms with E-state index in [1.54, 1.807) is 0 Å². The average molecular weight is 207 g/mol. The lowest BCUT2D eigenvalue weighted by atomic mass is 9.97. The van der Waals surface area contributed by atoms with E-state index >= 15 is 0 Å². The summed E-state index contributed by atoms with van der Waals surface area (Å²) in [4.78, 5) is 9.38. The number of alkyl halides is 3. The molecular weight excluding hydrogens is 199 g/mol. The van der Waals surface area contributed by atoms with E-state index in [1.807, 2.05) is 0 Å². The first-order chi connectivity index (χ1) is 6.32. The number of nitro groups is 1. The summed E-state index contributed by atoms with van der Waals surface area (Å²) in [5.74, 6) is 0. The molecule has 1 aliphatic rings. The number of rotatable bonds is 1. The Morgan fingerprint density at radius 3 is 2.43 bits per heavy atom. The second-order valence-electron chi connectivity index (χ2n) is 3.11. The Hall–Kier alpha value is -1.33. The van der Waals surface area contributed by atoms with Gasteiger partial charge in [-0.2, -0.15) is 13.2 Å². The summed E-state index contributed by atoms with van der Waals surface area (Å²) in [5.41, 5.74) is -1.34. The molecule has 0 aromatic rings. The number of allylic oxidation sites excluding steroid dienone is 4. The van der Waals surface area contributed by atoms with Gasteiger partial charge < -0.3 is 0 Å². The lowest BCUT2D eigenvalue weighted by Crippen LogP contribution is -2.19. The zero-order chi connectivity index (χ0) is 10.9. The predicted octanol–water partition coefficient (Wildman–Crippen LogP) is 2.82. The van der Waals surface area contributed by atoms with Crippen LogP contribution in [0.3, 0.4) is 0 Å². The molecule has 1 aliphatic carbocycles. The summed E-state index contributed by atoms with van der Waals surface area (Å²) < 4.78 is 37.0. The van der Waals surface area contributed by atoms with Crippen LogP contribution in [-0.4, -0.2) is 11.1 Å². The molecule has 0 saturated heterocycles. The molecule has 0 aromatic heterocycles. The van der Waals surface area contributed by atoms with Crippen molar-refractivity contribution in [2.24, 2.45) is 0 Å². The van der Waals surface area contributed by atoms with Crippen molar-refractivity contribution in [2.45, 2.75) is 25.9 Å². The van der Waals surface area contributed by atoms with Crippen LogP contribution in [0.5, 0.6) is 0 Å². The van der Waals surface area contributed by atoms with Crippen molar-refractivity contribution < 1.29 is 18.1 Å². The van der Waals surface area contributed by atoms with Crippen LogP contribution >= 0.6 is 0 Å². The highest BCUT2D eigenvalue weighted by Crippen LogP contribution is 2.35. The maximum absolute atomic E-state index is 12.3. The molecule has 0 radical (unpaired) electrons. The van der Waals surface area contributed by atoms with Gasteiger partial charge in [0.2, 0.25) is 0 Å². The van der Waals surface area contributed by atoms with Crippen LogP contribution in [0.25, 0.3) is 0 Å². The van der Waals surface area contributed by atoms with E-state index in [0.29, 0.717) is 12.0 Å². The molecule has 0 fully saturated rings. The molecular formula is C8H8F3NO2. The van der Waals surface area contributed by atoms with Crippen LogP contribution in [-0.2, 0) is 0 Å². The maximum atomic E-state index is 12.3. The third-order valence-electron chi connectivity index (χ3n) is 1.98. The van der Waals surface area contributed by atoms with E-state index in [0.717, 1.165) is 6.08 Å². The largest absolute Gasteiger partial charge is 0.422 e. The summed E-state index contributed by atoms with van der Waals surface area (Å²) >= 11 is 0. The van der Waals surface area contributed by atoms with Gasteiger partial charge in [0.05, 0.1) is 4.92 Å². The molecule has 3 nitrogen and oxygen atoms in total. The quantitative estimate of drug-likeness (QED) is 0.490. The smallest absolute Gasteiger partial charge is 0.259 e. The van der Waals surface area contributed by atoms with E-state index in [2.05, 4.69) is 0 Å². The normalized spacial score (nSPS) is 18.1. The summed E-state index contributed by atoms with van der Waals surface area (Å²) in [6, 6.07) is 0. The Bertz CT molecular complexity index is 328. The van der Waals surface area contributed by atoms with Crippen LogP contribution in [0, 0.1) is 10.1 Å². The van der Waals surface area contributed by atoms with E-state index in [1.165, 1.54) is 6.92 Å². The van der Waals surface area contributed by atoms with Gasteiger partial charge in [-0.05, 0) is 19.4 Å². The standard InChI is InChI=1S/C8H8F3NO2/c1-5-2-3-7(12(13)14)6(4-5)8(9,10)11/h4H,2-3H2,1H3. The van der Waals surface area contributed by atoms with Gasteiger partial charge in [-0.15, -0.1) is 0 Å². The molecule has 6 heteroatoms. The van der Waals surface area contributed by atoms with Gasteiger partial charge in [0.15, 0.2) is 0 Å². The fraction of sp³-hybridized carbons (Fsp3) is 0.500. The molecule has 0 spiro atoms. The van der Waals surface area contributed by atoms with Crippen molar-refractivity contribution >= 4 is 0 Å². The fourth-order valence-corrected chi connectivity index (χ4v) is 1.29. The Balaban J connectivity index is 3.21. The summed E-state index contributed by atoms with van der Waals surface area (Å²) in [6.45, 7) is 1.53. The van der Waals surface area contributed by atoms with Crippen molar-refractivity contribution in [3.8, 4) is 0 Å². The number of hydrogen-bond donors (Lipinski definition) is 0. The first-order valence-electron chi connectivity index (χ1n) is 3.94. The highest BCUT2D eigenvalue weighted by molar-refractivity contribution is 5.33. The van der Waals surface area contributed by atoms with Crippen molar-refractivity contribution in [3.63, 3.8) is 0 Å². The monoisotopic (exact) mass is 207 g/mol. The lowest BCUT2D eigenvalue weighted by Gasteiger charge is -2.14. The highest BCUT2D eigenvalue weighted by Gasteiger charge is 2.40. The Morgan fingerprint density at radius 1 is 1.43 bits per heavy atom. The number of halogens is 3. The van der Waals surface area contributed by atoms with Crippen LogP contribution in [0.4, 0.5) is 13.2 Å². The molecule has 1 rings (SSSR count). The second-order valence-corrected chi connectivity index (χ2v) is 3.11. The van der Waals surface area contributed by atoms with E-state index < -0.39 is 22.4 Å². The summed E-state index contributed by atoms with van der Waals surface area (Å²) in [6.07, 6.45) is -3.62. The van der Waals surface area contributed by atoms with E-state index in [-0.39, 0.29) is 6.42 Å². The molecule has 0 aromatic carbocycles. The first-order valence-corrected chi connectivity index (χ1v) is 3.94. The van der Waals surface area contributed by atoms with Crippen molar-refractivity contribution in [3.05, 3.63) is 33.0 Å². The second kappa shape index (κ2) is 3.43. The molecule has 0 atom stereocenters. The van der Waals surface area contributed by atoms with Gasteiger partial charge in [0.25, 0.3) is 5.70 Å². The van der Waals surface area contributed by atoms with Crippen molar-refractivity contribution in [1.29, 1.82) is 0 Å². The van der Waals surface area contributed by atoms with Gasteiger partial charge in [0, 0.05) is 6.42 Å².